The molecular weight excluding hydrogens is 360 g/mol. The predicted molar refractivity (Wildman–Crippen MR) is 101 cm³/mol. The van der Waals surface area contributed by atoms with Crippen molar-refractivity contribution in [3.8, 4) is 0 Å². The minimum absolute atomic E-state index is 0.365. The van der Waals surface area contributed by atoms with Gasteiger partial charge < -0.3 is 5.32 Å². The van der Waals surface area contributed by atoms with Crippen LogP contribution in [0.25, 0.3) is 0 Å². The summed E-state index contributed by atoms with van der Waals surface area (Å²) in [5.74, 6) is -1.73. The van der Waals surface area contributed by atoms with E-state index in [1.807, 2.05) is 19.1 Å². The van der Waals surface area contributed by atoms with Crippen LogP contribution in [0, 0.1) is 6.92 Å². The summed E-state index contributed by atoms with van der Waals surface area (Å²) in [7, 11) is 0. The number of hydrogen-bond acceptors (Lipinski definition) is 4. The molecule has 0 spiro atoms. The highest BCUT2D eigenvalue weighted by Gasteiger charge is 2.49. The van der Waals surface area contributed by atoms with E-state index in [0.29, 0.717) is 11.1 Å². The van der Waals surface area contributed by atoms with Crippen LogP contribution in [0.2, 0.25) is 0 Å². The maximum Gasteiger partial charge on any atom is 0.325 e. The Hall–Kier alpha value is -3.68. The van der Waals surface area contributed by atoms with Gasteiger partial charge in [-0.2, -0.15) is 0 Å². The summed E-state index contributed by atoms with van der Waals surface area (Å²) in [4.78, 5) is 49.9. The van der Waals surface area contributed by atoms with Crippen LogP contribution in [-0.2, 0) is 15.1 Å². The topological polar surface area (TPSA) is 108 Å². The second-order valence-electron chi connectivity index (χ2n) is 6.68. The van der Waals surface area contributed by atoms with E-state index < -0.39 is 35.8 Å². The van der Waals surface area contributed by atoms with E-state index in [0.717, 1.165) is 10.5 Å². The Kier molecular flexibility index (Phi) is 5.12. The molecule has 1 fully saturated rings. The molecule has 1 aliphatic heterocycles. The molecule has 8 nitrogen and oxygen atoms in total. The van der Waals surface area contributed by atoms with E-state index in [1.165, 1.54) is 0 Å². The minimum Gasteiger partial charge on any atom is -0.319 e. The number of aryl methyl sites for hydroxylation is 1. The van der Waals surface area contributed by atoms with Gasteiger partial charge in [0, 0.05) is 5.56 Å². The number of hydrogen-bond donors (Lipinski definition) is 3. The maximum atomic E-state index is 12.8. The van der Waals surface area contributed by atoms with Gasteiger partial charge in [0.2, 0.25) is 0 Å². The molecule has 1 atom stereocenters. The molecule has 3 N–H and O–H groups in total. The molecule has 0 saturated carbocycles. The van der Waals surface area contributed by atoms with Crippen molar-refractivity contribution in [2.75, 3.05) is 6.54 Å². The lowest BCUT2D eigenvalue weighted by atomic mass is 9.91. The molecule has 8 heteroatoms. The average Bonchev–Trinajstić information content (AvgIpc) is 2.91. The van der Waals surface area contributed by atoms with Crippen molar-refractivity contribution in [2.45, 2.75) is 19.4 Å². The first-order chi connectivity index (χ1) is 13.3. The van der Waals surface area contributed by atoms with Crippen LogP contribution in [-0.4, -0.2) is 35.2 Å². The lowest BCUT2D eigenvalue weighted by Crippen LogP contribution is -2.48. The summed E-state index contributed by atoms with van der Waals surface area (Å²) < 4.78 is 0. The van der Waals surface area contributed by atoms with E-state index in [1.54, 1.807) is 49.4 Å². The lowest BCUT2D eigenvalue weighted by Gasteiger charge is -2.22. The summed E-state index contributed by atoms with van der Waals surface area (Å²) in [5, 5.41) is 2.63. The van der Waals surface area contributed by atoms with Gasteiger partial charge in [-0.05, 0) is 31.5 Å². The first-order valence-corrected chi connectivity index (χ1v) is 8.67. The largest absolute Gasteiger partial charge is 0.325 e. The molecule has 5 amide bonds. The van der Waals surface area contributed by atoms with Gasteiger partial charge >= 0.3 is 6.03 Å². The second kappa shape index (κ2) is 7.51. The van der Waals surface area contributed by atoms with E-state index in [4.69, 9.17) is 0 Å². The normalized spacial score (nSPS) is 18.6. The second-order valence-corrected chi connectivity index (χ2v) is 6.68. The molecule has 3 rings (SSSR count). The Labute approximate surface area is 161 Å². The van der Waals surface area contributed by atoms with Crippen LogP contribution in [0.4, 0.5) is 4.79 Å². The summed E-state index contributed by atoms with van der Waals surface area (Å²) in [5.41, 5.74) is 5.22. The van der Waals surface area contributed by atoms with Gasteiger partial charge in [-0.25, -0.2) is 4.79 Å². The van der Waals surface area contributed by atoms with Crippen LogP contribution in [0.15, 0.2) is 54.6 Å². The zero-order valence-corrected chi connectivity index (χ0v) is 15.5. The maximum absolute atomic E-state index is 12.8. The Balaban J connectivity index is 1.63. The average molecular weight is 380 g/mol. The molecule has 2 aromatic rings. The van der Waals surface area contributed by atoms with E-state index in [9.17, 15) is 19.2 Å². The van der Waals surface area contributed by atoms with Crippen LogP contribution in [0.1, 0.15) is 28.4 Å². The fourth-order valence-corrected chi connectivity index (χ4v) is 2.89. The molecule has 144 valence electrons. The predicted octanol–water partition coefficient (Wildman–Crippen LogP) is 1.22. The fourth-order valence-electron chi connectivity index (χ4n) is 2.89. The van der Waals surface area contributed by atoms with Gasteiger partial charge in [0.1, 0.15) is 12.1 Å². The molecule has 0 aliphatic carbocycles. The molecule has 1 aliphatic rings. The van der Waals surface area contributed by atoms with Gasteiger partial charge in [-0.15, -0.1) is 0 Å². The zero-order valence-electron chi connectivity index (χ0n) is 15.5. The van der Waals surface area contributed by atoms with Crippen LogP contribution < -0.4 is 16.2 Å². The van der Waals surface area contributed by atoms with Crippen LogP contribution >= 0.6 is 0 Å². The smallest absolute Gasteiger partial charge is 0.319 e. The summed E-state index contributed by atoms with van der Waals surface area (Å²) in [6.07, 6.45) is 0. The van der Waals surface area contributed by atoms with E-state index in [-0.39, 0.29) is 0 Å². The molecule has 1 heterocycles. The number of urea groups is 1. The third-order valence-electron chi connectivity index (χ3n) is 4.56. The lowest BCUT2D eigenvalue weighted by molar-refractivity contribution is -0.135. The number of carbonyl (C=O) groups excluding carboxylic acids is 4. The zero-order chi connectivity index (χ0) is 20.3. The van der Waals surface area contributed by atoms with Gasteiger partial charge in [-0.3, -0.25) is 30.1 Å². The van der Waals surface area contributed by atoms with Crippen molar-refractivity contribution in [3.05, 3.63) is 71.3 Å². The number of imide groups is 1. The van der Waals surface area contributed by atoms with Crippen molar-refractivity contribution in [1.29, 1.82) is 0 Å². The third kappa shape index (κ3) is 3.71. The molecule has 28 heavy (non-hydrogen) atoms. The monoisotopic (exact) mass is 380 g/mol. The summed E-state index contributed by atoms with van der Waals surface area (Å²) in [6, 6.07) is 14.9. The highest BCUT2D eigenvalue weighted by Crippen LogP contribution is 2.28. The highest BCUT2D eigenvalue weighted by molar-refractivity contribution is 6.09. The quantitative estimate of drug-likeness (QED) is 0.548. The van der Waals surface area contributed by atoms with Gasteiger partial charge in [-0.1, -0.05) is 48.0 Å². The number of benzene rings is 2. The van der Waals surface area contributed by atoms with Crippen LogP contribution in [0.5, 0.6) is 0 Å². The molecule has 0 radical (unpaired) electrons. The summed E-state index contributed by atoms with van der Waals surface area (Å²) >= 11 is 0. The number of amides is 5. The number of rotatable bonds is 4. The van der Waals surface area contributed by atoms with Gasteiger partial charge in [0.05, 0.1) is 0 Å². The van der Waals surface area contributed by atoms with E-state index >= 15 is 0 Å². The molecule has 1 saturated heterocycles. The van der Waals surface area contributed by atoms with Crippen molar-refractivity contribution < 1.29 is 19.2 Å². The number of hydrazine groups is 1. The molecule has 0 bridgehead atoms. The molecular formula is C20H20N4O4. The van der Waals surface area contributed by atoms with E-state index in [2.05, 4.69) is 16.2 Å². The number of carbonyl (C=O) groups is 4. The molecule has 2 aromatic carbocycles. The Morgan fingerprint density at radius 1 is 1.00 bits per heavy atom. The fraction of sp³-hybridized carbons (Fsp3) is 0.200. The van der Waals surface area contributed by atoms with Gasteiger partial charge in [0.15, 0.2) is 0 Å². The standard InChI is InChI=1S/C20H20N4O4/c1-13-8-10-15(11-9-13)20(2)18(27)24(19(28)21-20)12-16(25)22-23-17(26)14-6-4-3-5-7-14/h3-11H,12H2,1-2H3,(H,21,28)(H,22,25)(H,23,26)/t20-/m0/s1. The Morgan fingerprint density at radius 2 is 1.64 bits per heavy atom. The number of nitrogens with zero attached hydrogens (tertiary/aromatic N) is 1. The minimum atomic E-state index is -1.25. The number of nitrogens with one attached hydrogen (secondary N) is 3. The van der Waals surface area contributed by atoms with Crippen molar-refractivity contribution in [3.63, 3.8) is 0 Å². The van der Waals surface area contributed by atoms with Crippen molar-refractivity contribution in [2.24, 2.45) is 0 Å². The van der Waals surface area contributed by atoms with Gasteiger partial charge in [0.25, 0.3) is 17.7 Å². The molecule has 0 unspecified atom stereocenters. The summed E-state index contributed by atoms with van der Waals surface area (Å²) in [6.45, 7) is 3.00. The van der Waals surface area contributed by atoms with Crippen molar-refractivity contribution >= 4 is 23.8 Å². The Morgan fingerprint density at radius 3 is 2.29 bits per heavy atom. The highest BCUT2D eigenvalue weighted by atomic mass is 16.2. The van der Waals surface area contributed by atoms with Crippen LogP contribution in [0.3, 0.4) is 0 Å². The first-order valence-electron chi connectivity index (χ1n) is 8.67. The third-order valence-corrected chi connectivity index (χ3v) is 4.56. The first kappa shape index (κ1) is 19.1. The Bertz CT molecular complexity index is 927. The van der Waals surface area contributed by atoms with Crippen molar-refractivity contribution in [1.82, 2.24) is 21.1 Å². The SMILES string of the molecule is Cc1ccc([C@]2(C)NC(=O)N(CC(=O)NNC(=O)c3ccccc3)C2=O)cc1. The molecule has 0 aromatic heterocycles.